The van der Waals surface area contributed by atoms with Crippen LogP contribution < -0.4 is 10.5 Å². The van der Waals surface area contributed by atoms with E-state index in [4.69, 9.17) is 33.7 Å². The van der Waals surface area contributed by atoms with Crippen LogP contribution >= 0.6 is 23.2 Å². The molecule has 1 saturated heterocycles. The van der Waals surface area contributed by atoms with Crippen LogP contribution in [-0.4, -0.2) is 58.9 Å². The van der Waals surface area contributed by atoms with Gasteiger partial charge in [-0.25, -0.2) is 14.4 Å². The average molecular weight is 504 g/mol. The average Bonchev–Trinajstić information content (AvgIpc) is 2.83. The van der Waals surface area contributed by atoms with Crippen LogP contribution in [0.4, 0.5) is 10.2 Å². The molecule has 1 atom stereocenters. The largest absolute Gasteiger partial charge is 0.467 e. The Labute approximate surface area is 207 Å². The lowest BCUT2D eigenvalue weighted by Gasteiger charge is -2.32. The summed E-state index contributed by atoms with van der Waals surface area (Å²) in [5.74, 6) is -0.458. The fourth-order valence-electron chi connectivity index (χ4n) is 3.72. The van der Waals surface area contributed by atoms with Crippen LogP contribution in [0.3, 0.4) is 0 Å². The molecule has 3 aromatic rings. The van der Waals surface area contributed by atoms with Gasteiger partial charge in [-0.15, -0.1) is 0 Å². The molecule has 2 N–H and O–H groups in total. The summed E-state index contributed by atoms with van der Waals surface area (Å²) in [6, 6.07) is 9.74. The van der Waals surface area contributed by atoms with Crippen molar-refractivity contribution in [3.05, 3.63) is 69.6 Å². The first-order chi connectivity index (χ1) is 16.2. The second-order valence-corrected chi connectivity index (χ2v) is 8.92. The van der Waals surface area contributed by atoms with Gasteiger partial charge in [0.05, 0.1) is 16.9 Å². The quantitative estimate of drug-likeness (QED) is 0.508. The minimum Gasteiger partial charge on any atom is -0.467 e. The van der Waals surface area contributed by atoms with Gasteiger partial charge in [-0.3, -0.25) is 4.79 Å². The van der Waals surface area contributed by atoms with Crippen LogP contribution in [0.15, 0.2) is 42.6 Å². The first kappa shape index (κ1) is 24.2. The number of ether oxygens (including phenoxy) is 1. The normalized spacial score (nSPS) is 15.3. The van der Waals surface area contributed by atoms with Gasteiger partial charge in [0.15, 0.2) is 5.82 Å². The number of nitrogen functional groups attached to an aromatic ring is 1. The van der Waals surface area contributed by atoms with Crippen LogP contribution in [0.2, 0.25) is 10.0 Å². The van der Waals surface area contributed by atoms with Gasteiger partial charge in [0.2, 0.25) is 0 Å². The number of rotatable bonds is 5. The SMILES string of the molecule is CC(Oc1nc(-c2ccc(C(=O)N3CCN(C)CC3)cc2)cnc1N)c1c(Cl)ccc(F)c1Cl. The Hall–Kier alpha value is -2.94. The number of nitrogens with zero attached hydrogens (tertiary/aromatic N) is 4. The summed E-state index contributed by atoms with van der Waals surface area (Å²) < 4.78 is 19.8. The molecule has 2 aromatic carbocycles. The van der Waals surface area contributed by atoms with Gasteiger partial charge in [0.25, 0.3) is 11.8 Å². The summed E-state index contributed by atoms with van der Waals surface area (Å²) in [5.41, 5.74) is 8.11. The van der Waals surface area contributed by atoms with E-state index in [1.165, 1.54) is 18.3 Å². The number of aromatic nitrogens is 2. The molecular weight excluding hydrogens is 480 g/mol. The third kappa shape index (κ3) is 5.09. The lowest BCUT2D eigenvalue weighted by Crippen LogP contribution is -2.47. The molecule has 34 heavy (non-hydrogen) atoms. The topological polar surface area (TPSA) is 84.6 Å². The van der Waals surface area contributed by atoms with Gasteiger partial charge in [0, 0.05) is 47.9 Å². The first-order valence-corrected chi connectivity index (χ1v) is 11.5. The van der Waals surface area contributed by atoms with E-state index in [-0.39, 0.29) is 27.7 Å². The molecule has 7 nitrogen and oxygen atoms in total. The monoisotopic (exact) mass is 503 g/mol. The van der Waals surface area contributed by atoms with Crippen molar-refractivity contribution < 1.29 is 13.9 Å². The van der Waals surface area contributed by atoms with E-state index in [0.717, 1.165) is 18.7 Å². The maximum atomic E-state index is 13.9. The van der Waals surface area contributed by atoms with E-state index in [9.17, 15) is 9.18 Å². The fourth-order valence-corrected chi connectivity index (χ4v) is 4.40. The zero-order valence-electron chi connectivity index (χ0n) is 18.8. The number of halogens is 3. The van der Waals surface area contributed by atoms with E-state index >= 15 is 0 Å². The molecule has 0 saturated carbocycles. The minimum absolute atomic E-state index is 0.00439. The van der Waals surface area contributed by atoms with Gasteiger partial charge in [-0.2, -0.15) is 0 Å². The predicted octanol–water partition coefficient (Wildman–Crippen LogP) is 4.70. The molecule has 10 heteroatoms. The van der Waals surface area contributed by atoms with Crippen LogP contribution in [-0.2, 0) is 0 Å². The highest BCUT2D eigenvalue weighted by Gasteiger charge is 2.22. The van der Waals surface area contributed by atoms with Crippen LogP contribution in [0.25, 0.3) is 11.3 Å². The van der Waals surface area contributed by atoms with Crippen LogP contribution in [0, 0.1) is 5.82 Å². The highest BCUT2D eigenvalue weighted by molar-refractivity contribution is 6.36. The third-order valence-corrected chi connectivity index (χ3v) is 6.47. The summed E-state index contributed by atoms with van der Waals surface area (Å²) in [4.78, 5) is 25.5. The highest BCUT2D eigenvalue weighted by atomic mass is 35.5. The number of hydrogen-bond acceptors (Lipinski definition) is 6. The lowest BCUT2D eigenvalue weighted by atomic mass is 10.1. The standard InChI is InChI=1S/C24H24Cl2FN5O2/c1-14(20-17(25)7-8-18(27)21(20)26)34-23-22(28)29-13-19(30-23)15-3-5-16(6-4-15)24(33)32-11-9-31(2)10-12-32/h3-8,13-14H,9-12H2,1-2H3,(H2,28,29). The van der Waals surface area contributed by atoms with Gasteiger partial charge in [0.1, 0.15) is 11.9 Å². The molecule has 1 aromatic heterocycles. The Kier molecular flexibility index (Phi) is 7.21. The molecule has 4 rings (SSSR count). The predicted molar refractivity (Wildman–Crippen MR) is 131 cm³/mol. The number of carbonyl (C=O) groups excluding carboxylic acids is 1. The Morgan fingerprint density at radius 1 is 1.12 bits per heavy atom. The highest BCUT2D eigenvalue weighted by Crippen LogP contribution is 2.35. The van der Waals surface area contributed by atoms with Crippen molar-refractivity contribution in [2.24, 2.45) is 0 Å². The molecule has 0 bridgehead atoms. The first-order valence-electron chi connectivity index (χ1n) is 10.8. The second kappa shape index (κ2) is 10.1. The molecule has 1 unspecified atom stereocenters. The maximum absolute atomic E-state index is 13.9. The summed E-state index contributed by atoms with van der Waals surface area (Å²) >= 11 is 12.3. The molecule has 1 fully saturated rings. The van der Waals surface area contributed by atoms with E-state index < -0.39 is 11.9 Å². The number of hydrogen-bond donors (Lipinski definition) is 1. The zero-order valence-corrected chi connectivity index (χ0v) is 20.3. The van der Waals surface area contributed by atoms with Crippen molar-refractivity contribution in [1.82, 2.24) is 19.8 Å². The number of benzene rings is 2. The number of carbonyl (C=O) groups is 1. The smallest absolute Gasteiger partial charge is 0.258 e. The summed E-state index contributed by atoms with van der Waals surface area (Å²) in [6.07, 6.45) is 0.790. The summed E-state index contributed by atoms with van der Waals surface area (Å²) in [6.45, 7) is 4.80. The molecule has 2 heterocycles. The summed E-state index contributed by atoms with van der Waals surface area (Å²) in [5, 5.41) is 0.144. The van der Waals surface area contributed by atoms with Crippen molar-refractivity contribution in [2.45, 2.75) is 13.0 Å². The number of nitrogens with two attached hydrogens (primary N) is 1. The molecule has 0 radical (unpaired) electrons. The molecule has 1 aliphatic heterocycles. The van der Waals surface area contributed by atoms with Crippen LogP contribution in [0.5, 0.6) is 5.88 Å². The molecular formula is C24H24Cl2FN5O2. The second-order valence-electron chi connectivity index (χ2n) is 8.14. The van der Waals surface area contributed by atoms with E-state index in [0.29, 0.717) is 29.9 Å². The number of amides is 1. The Morgan fingerprint density at radius 3 is 2.47 bits per heavy atom. The zero-order chi connectivity index (χ0) is 24.4. The van der Waals surface area contributed by atoms with Gasteiger partial charge >= 0.3 is 0 Å². The van der Waals surface area contributed by atoms with Gasteiger partial charge < -0.3 is 20.3 Å². The van der Waals surface area contributed by atoms with Crippen molar-refractivity contribution in [3.8, 4) is 17.1 Å². The number of piperazine rings is 1. The van der Waals surface area contributed by atoms with Crippen molar-refractivity contribution in [3.63, 3.8) is 0 Å². The van der Waals surface area contributed by atoms with Crippen LogP contribution in [0.1, 0.15) is 28.9 Å². The molecule has 1 amide bonds. The van der Waals surface area contributed by atoms with Crippen molar-refractivity contribution in [2.75, 3.05) is 39.0 Å². The third-order valence-electron chi connectivity index (χ3n) is 5.76. The van der Waals surface area contributed by atoms with E-state index in [1.807, 2.05) is 11.9 Å². The maximum Gasteiger partial charge on any atom is 0.258 e. The number of likely N-dealkylation sites (N-methyl/N-ethyl adjacent to an activating group) is 1. The fraction of sp³-hybridized carbons (Fsp3) is 0.292. The van der Waals surface area contributed by atoms with Crippen molar-refractivity contribution >= 4 is 34.9 Å². The molecule has 0 spiro atoms. The number of anilines is 1. The van der Waals surface area contributed by atoms with Gasteiger partial charge in [-0.1, -0.05) is 35.3 Å². The molecule has 178 valence electrons. The molecule has 0 aliphatic carbocycles. The minimum atomic E-state index is -0.730. The lowest BCUT2D eigenvalue weighted by molar-refractivity contribution is 0.0664. The van der Waals surface area contributed by atoms with Gasteiger partial charge in [-0.05, 0) is 38.2 Å². The molecule has 1 aliphatic rings. The Bertz CT molecular complexity index is 1200. The Morgan fingerprint density at radius 2 is 1.79 bits per heavy atom. The van der Waals surface area contributed by atoms with Crippen molar-refractivity contribution in [1.29, 1.82) is 0 Å². The summed E-state index contributed by atoms with van der Waals surface area (Å²) in [7, 11) is 2.05. The Balaban J connectivity index is 1.53. The van der Waals surface area contributed by atoms with E-state index in [2.05, 4.69) is 14.9 Å². The van der Waals surface area contributed by atoms with E-state index in [1.54, 1.807) is 31.2 Å².